The van der Waals surface area contributed by atoms with Gasteiger partial charge in [-0.3, -0.25) is 15.1 Å². The van der Waals surface area contributed by atoms with Crippen LogP contribution < -0.4 is 16.3 Å². The van der Waals surface area contributed by atoms with E-state index in [2.05, 4.69) is 25.7 Å². The Kier molecular flexibility index (Phi) is 6.70. The molecule has 1 aliphatic heterocycles. The molecule has 2 aromatic rings. The zero-order valence-corrected chi connectivity index (χ0v) is 15.3. The lowest BCUT2D eigenvalue weighted by Gasteiger charge is -2.26. The maximum Gasteiger partial charge on any atom is 0.257 e. The molecule has 0 amide bonds. The van der Waals surface area contributed by atoms with Crippen molar-refractivity contribution in [1.82, 2.24) is 20.6 Å². The van der Waals surface area contributed by atoms with Crippen LogP contribution in [0.25, 0.3) is 10.9 Å². The van der Waals surface area contributed by atoms with Crippen molar-refractivity contribution in [3.05, 3.63) is 46.2 Å². The zero-order chi connectivity index (χ0) is 18.2. The van der Waals surface area contributed by atoms with Crippen molar-refractivity contribution in [2.45, 2.75) is 6.42 Å². The standard InChI is InChI=1S/C18H23N5O2S/c24-17-15(12-14-4-1-2-5-16(14)21-17)13-20-22-18(26)19-6-3-7-23-8-10-25-11-9-23/h1-2,4-5,12-13H,3,6-11H2,(H,21,24)(H2,19,22,26)/b20-13+. The van der Waals surface area contributed by atoms with Gasteiger partial charge in [0.15, 0.2) is 5.11 Å². The lowest BCUT2D eigenvalue weighted by atomic mass is 10.2. The summed E-state index contributed by atoms with van der Waals surface area (Å²) in [5.74, 6) is 0. The molecule has 138 valence electrons. The van der Waals surface area contributed by atoms with E-state index in [-0.39, 0.29) is 5.56 Å². The smallest absolute Gasteiger partial charge is 0.257 e. The molecule has 26 heavy (non-hydrogen) atoms. The van der Waals surface area contributed by atoms with Gasteiger partial charge in [-0.25, -0.2) is 0 Å². The van der Waals surface area contributed by atoms with E-state index in [4.69, 9.17) is 17.0 Å². The van der Waals surface area contributed by atoms with Crippen LogP contribution in [0.1, 0.15) is 12.0 Å². The maximum absolute atomic E-state index is 12.0. The highest BCUT2D eigenvalue weighted by Crippen LogP contribution is 2.08. The summed E-state index contributed by atoms with van der Waals surface area (Å²) in [6, 6.07) is 9.42. The number of ether oxygens (including phenoxy) is 1. The summed E-state index contributed by atoms with van der Waals surface area (Å²) in [7, 11) is 0. The van der Waals surface area contributed by atoms with Crippen LogP contribution in [0.2, 0.25) is 0 Å². The molecule has 0 atom stereocenters. The number of thiocarbonyl (C=S) groups is 1. The average molecular weight is 373 g/mol. The summed E-state index contributed by atoms with van der Waals surface area (Å²) in [6.07, 6.45) is 2.48. The first-order valence-corrected chi connectivity index (χ1v) is 9.12. The summed E-state index contributed by atoms with van der Waals surface area (Å²) in [6.45, 7) is 5.41. The number of nitrogens with one attached hydrogen (secondary N) is 3. The normalized spacial score (nSPS) is 15.4. The number of hydrogen-bond acceptors (Lipinski definition) is 5. The van der Waals surface area contributed by atoms with Crippen LogP contribution in [-0.2, 0) is 4.74 Å². The molecule has 0 unspecified atom stereocenters. The highest BCUT2D eigenvalue weighted by molar-refractivity contribution is 7.80. The van der Waals surface area contributed by atoms with E-state index in [1.54, 1.807) is 6.07 Å². The molecule has 0 bridgehead atoms. The highest BCUT2D eigenvalue weighted by atomic mass is 32.1. The minimum absolute atomic E-state index is 0.182. The monoisotopic (exact) mass is 373 g/mol. The fraction of sp³-hybridized carbons (Fsp3) is 0.389. The van der Waals surface area contributed by atoms with Gasteiger partial charge in [-0.15, -0.1) is 0 Å². The van der Waals surface area contributed by atoms with Crippen LogP contribution in [0.5, 0.6) is 0 Å². The molecule has 1 aromatic carbocycles. The van der Waals surface area contributed by atoms with Crippen LogP contribution in [0.15, 0.2) is 40.2 Å². The number of morpholine rings is 1. The number of H-pyrrole nitrogens is 1. The highest BCUT2D eigenvalue weighted by Gasteiger charge is 2.09. The SMILES string of the molecule is O=c1[nH]c2ccccc2cc1/C=N/NC(=S)NCCCN1CCOCC1. The fourth-order valence-electron chi connectivity index (χ4n) is 2.79. The number of pyridine rings is 1. The van der Waals surface area contributed by atoms with E-state index in [1.165, 1.54) is 6.21 Å². The number of fused-ring (bicyclic) bond motifs is 1. The van der Waals surface area contributed by atoms with Crippen molar-refractivity contribution in [1.29, 1.82) is 0 Å². The van der Waals surface area contributed by atoms with Crippen LogP contribution >= 0.6 is 12.2 Å². The Morgan fingerprint density at radius 3 is 3.00 bits per heavy atom. The summed E-state index contributed by atoms with van der Waals surface area (Å²) >= 11 is 5.19. The molecule has 0 spiro atoms. The molecule has 1 aromatic heterocycles. The van der Waals surface area contributed by atoms with E-state index >= 15 is 0 Å². The molecule has 3 rings (SSSR count). The number of aromatic nitrogens is 1. The van der Waals surface area contributed by atoms with Crippen molar-refractivity contribution >= 4 is 34.4 Å². The van der Waals surface area contributed by atoms with E-state index < -0.39 is 0 Å². The van der Waals surface area contributed by atoms with Gasteiger partial charge in [0.25, 0.3) is 5.56 Å². The van der Waals surface area contributed by atoms with Gasteiger partial charge in [-0.05, 0) is 42.7 Å². The second kappa shape index (κ2) is 9.42. The summed E-state index contributed by atoms with van der Waals surface area (Å²) in [5, 5.41) is 8.57. The molecule has 1 fully saturated rings. The number of rotatable bonds is 6. The summed E-state index contributed by atoms with van der Waals surface area (Å²) < 4.78 is 5.33. The molecular formula is C18H23N5O2S. The second-order valence-electron chi connectivity index (χ2n) is 6.07. The van der Waals surface area contributed by atoms with Crippen LogP contribution in [-0.4, -0.2) is 60.6 Å². The minimum Gasteiger partial charge on any atom is -0.379 e. The van der Waals surface area contributed by atoms with Crippen molar-refractivity contribution in [2.24, 2.45) is 5.10 Å². The predicted octanol–water partition coefficient (Wildman–Crippen LogP) is 1.05. The first-order chi connectivity index (χ1) is 12.7. The average Bonchev–Trinajstić information content (AvgIpc) is 2.66. The Bertz CT molecular complexity index is 830. The van der Waals surface area contributed by atoms with Gasteiger partial charge < -0.3 is 15.0 Å². The Morgan fingerprint density at radius 2 is 2.15 bits per heavy atom. The van der Waals surface area contributed by atoms with Gasteiger partial charge in [0.2, 0.25) is 0 Å². The second-order valence-corrected chi connectivity index (χ2v) is 6.48. The van der Waals surface area contributed by atoms with Crippen LogP contribution in [0.4, 0.5) is 0 Å². The Morgan fingerprint density at radius 1 is 1.35 bits per heavy atom. The number of benzene rings is 1. The quantitative estimate of drug-likeness (QED) is 0.304. The molecule has 8 heteroatoms. The van der Waals surface area contributed by atoms with Gasteiger partial charge in [0.1, 0.15) is 0 Å². The molecule has 2 heterocycles. The topological polar surface area (TPSA) is 81.8 Å². The third kappa shape index (κ3) is 5.35. The van der Waals surface area contributed by atoms with Gasteiger partial charge in [-0.2, -0.15) is 5.10 Å². The van der Waals surface area contributed by atoms with E-state index in [0.29, 0.717) is 10.7 Å². The van der Waals surface area contributed by atoms with Crippen LogP contribution in [0, 0.1) is 0 Å². The van der Waals surface area contributed by atoms with Gasteiger partial charge in [-0.1, -0.05) is 18.2 Å². The van der Waals surface area contributed by atoms with Gasteiger partial charge >= 0.3 is 0 Å². The largest absolute Gasteiger partial charge is 0.379 e. The van der Waals surface area contributed by atoms with Crippen molar-refractivity contribution in [3.63, 3.8) is 0 Å². The maximum atomic E-state index is 12.0. The lowest BCUT2D eigenvalue weighted by molar-refractivity contribution is 0.0376. The number of para-hydroxylation sites is 1. The molecule has 0 saturated carbocycles. The molecule has 7 nitrogen and oxygen atoms in total. The Hall–Kier alpha value is -2.29. The van der Waals surface area contributed by atoms with E-state index in [0.717, 1.165) is 56.7 Å². The fourth-order valence-corrected chi connectivity index (χ4v) is 2.94. The molecule has 0 radical (unpaired) electrons. The minimum atomic E-state index is -0.182. The first kappa shape index (κ1) is 18.5. The molecular weight excluding hydrogens is 350 g/mol. The number of hydrazone groups is 1. The summed E-state index contributed by atoms with van der Waals surface area (Å²) in [4.78, 5) is 17.2. The lowest BCUT2D eigenvalue weighted by Crippen LogP contribution is -2.39. The molecule has 0 aliphatic carbocycles. The van der Waals surface area contributed by atoms with Crippen molar-refractivity contribution in [3.8, 4) is 0 Å². The third-order valence-electron chi connectivity index (χ3n) is 4.19. The zero-order valence-electron chi connectivity index (χ0n) is 14.5. The van der Waals surface area contributed by atoms with Gasteiger partial charge in [0, 0.05) is 25.2 Å². The third-order valence-corrected chi connectivity index (χ3v) is 4.43. The molecule has 1 saturated heterocycles. The van der Waals surface area contributed by atoms with E-state index in [1.807, 2.05) is 24.3 Å². The summed E-state index contributed by atoms with van der Waals surface area (Å²) in [5.41, 5.74) is 3.85. The number of nitrogens with zero attached hydrogens (tertiary/aromatic N) is 2. The number of hydrogen-bond donors (Lipinski definition) is 3. The van der Waals surface area contributed by atoms with E-state index in [9.17, 15) is 4.79 Å². The van der Waals surface area contributed by atoms with Crippen LogP contribution in [0.3, 0.4) is 0 Å². The Balaban J connectivity index is 1.42. The Labute approximate surface area is 157 Å². The van der Waals surface area contributed by atoms with Crippen molar-refractivity contribution in [2.75, 3.05) is 39.4 Å². The number of aromatic amines is 1. The molecule has 1 aliphatic rings. The molecule has 3 N–H and O–H groups in total. The first-order valence-electron chi connectivity index (χ1n) is 8.71. The van der Waals surface area contributed by atoms with Gasteiger partial charge in [0.05, 0.1) is 25.0 Å². The predicted molar refractivity (Wildman–Crippen MR) is 108 cm³/mol. The van der Waals surface area contributed by atoms with Crippen molar-refractivity contribution < 1.29 is 4.74 Å².